The van der Waals surface area contributed by atoms with E-state index in [1.54, 1.807) is 0 Å². The largest absolute Gasteiger partial charge is 0.393 e. The van der Waals surface area contributed by atoms with Crippen LogP contribution in [0.2, 0.25) is 0 Å². The van der Waals surface area contributed by atoms with E-state index in [2.05, 4.69) is 41.0 Å². The van der Waals surface area contributed by atoms with E-state index in [9.17, 15) is 9.90 Å². The van der Waals surface area contributed by atoms with Crippen LogP contribution in [0, 0.1) is 24.7 Å². The van der Waals surface area contributed by atoms with Crippen LogP contribution >= 0.6 is 0 Å². The standard InChI is InChI=1S/C23H34N2O2/c1-17-2-4-18(5-3-17)6-7-19-10-12-25(13-11-19)23(27)16-24-14-20-8-9-22(26)21(20)15-24/h2-5,19-22,26H,6-16H2,1H3/t20-,21+,22-/m0/s1. The zero-order valence-corrected chi connectivity index (χ0v) is 16.6. The van der Waals surface area contributed by atoms with Gasteiger partial charge >= 0.3 is 0 Å². The van der Waals surface area contributed by atoms with Crippen LogP contribution < -0.4 is 0 Å². The third-order valence-electron chi connectivity index (χ3n) is 7.18. The molecule has 1 aromatic rings. The first-order chi connectivity index (χ1) is 13.1. The molecule has 3 aliphatic rings. The summed E-state index contributed by atoms with van der Waals surface area (Å²) in [5.41, 5.74) is 2.75. The molecule has 1 N–H and O–H groups in total. The lowest BCUT2D eigenvalue weighted by atomic mass is 9.90. The monoisotopic (exact) mass is 370 g/mol. The molecule has 1 saturated carbocycles. The topological polar surface area (TPSA) is 43.8 Å². The summed E-state index contributed by atoms with van der Waals surface area (Å²) in [6, 6.07) is 8.89. The Kier molecular flexibility index (Phi) is 5.84. The Morgan fingerprint density at radius 2 is 1.81 bits per heavy atom. The molecule has 4 heteroatoms. The summed E-state index contributed by atoms with van der Waals surface area (Å²) in [5.74, 6) is 2.06. The van der Waals surface area contributed by atoms with Gasteiger partial charge in [0.15, 0.2) is 0 Å². The van der Waals surface area contributed by atoms with E-state index in [0.29, 0.717) is 24.3 Å². The first-order valence-electron chi connectivity index (χ1n) is 10.8. The summed E-state index contributed by atoms with van der Waals surface area (Å²) in [6.45, 7) is 6.42. The van der Waals surface area contributed by atoms with Gasteiger partial charge in [-0.1, -0.05) is 29.8 Å². The average Bonchev–Trinajstić information content (AvgIpc) is 3.23. The summed E-state index contributed by atoms with van der Waals surface area (Å²) in [7, 11) is 0. The number of nitrogens with zero attached hydrogens (tertiary/aromatic N) is 2. The Morgan fingerprint density at radius 3 is 2.52 bits per heavy atom. The zero-order chi connectivity index (χ0) is 18.8. The van der Waals surface area contributed by atoms with Gasteiger partial charge in [0.05, 0.1) is 12.6 Å². The smallest absolute Gasteiger partial charge is 0.236 e. The predicted molar refractivity (Wildman–Crippen MR) is 107 cm³/mol. The SMILES string of the molecule is Cc1ccc(CCC2CCN(C(=O)CN3C[C@@H]4CC[C@H](O)[C@@H]4C3)CC2)cc1. The van der Waals surface area contributed by atoms with Crippen molar-refractivity contribution in [1.29, 1.82) is 0 Å². The van der Waals surface area contributed by atoms with Gasteiger partial charge in [-0.15, -0.1) is 0 Å². The van der Waals surface area contributed by atoms with Gasteiger partial charge in [0.2, 0.25) is 5.91 Å². The molecule has 0 unspecified atom stereocenters. The predicted octanol–water partition coefficient (Wildman–Crippen LogP) is 2.87. The Bertz CT molecular complexity index is 636. The normalized spacial score (nSPS) is 29.3. The molecule has 2 aliphatic heterocycles. The van der Waals surface area contributed by atoms with Crippen molar-refractivity contribution in [2.24, 2.45) is 17.8 Å². The van der Waals surface area contributed by atoms with E-state index < -0.39 is 0 Å². The summed E-state index contributed by atoms with van der Waals surface area (Å²) in [5, 5.41) is 10.1. The van der Waals surface area contributed by atoms with Crippen molar-refractivity contribution in [3.05, 3.63) is 35.4 Å². The Balaban J connectivity index is 1.18. The van der Waals surface area contributed by atoms with Crippen molar-refractivity contribution in [1.82, 2.24) is 9.80 Å². The van der Waals surface area contributed by atoms with Crippen molar-refractivity contribution in [2.75, 3.05) is 32.7 Å². The number of fused-ring (bicyclic) bond motifs is 1. The molecule has 148 valence electrons. The number of hydrogen-bond donors (Lipinski definition) is 1. The molecule has 4 nitrogen and oxygen atoms in total. The van der Waals surface area contributed by atoms with Crippen LogP contribution in [0.4, 0.5) is 0 Å². The van der Waals surface area contributed by atoms with Gasteiger partial charge in [-0.2, -0.15) is 0 Å². The maximum Gasteiger partial charge on any atom is 0.236 e. The van der Waals surface area contributed by atoms with E-state index >= 15 is 0 Å². The highest BCUT2D eigenvalue weighted by molar-refractivity contribution is 5.78. The first kappa shape index (κ1) is 18.9. The van der Waals surface area contributed by atoms with Crippen molar-refractivity contribution in [3.63, 3.8) is 0 Å². The lowest BCUT2D eigenvalue weighted by Gasteiger charge is -2.33. The number of likely N-dealkylation sites (tertiary alicyclic amines) is 2. The molecule has 3 fully saturated rings. The maximum absolute atomic E-state index is 12.7. The molecule has 2 heterocycles. The first-order valence-corrected chi connectivity index (χ1v) is 10.8. The highest BCUT2D eigenvalue weighted by Crippen LogP contribution is 2.38. The minimum absolute atomic E-state index is 0.139. The van der Waals surface area contributed by atoms with Gasteiger partial charge in [-0.05, 0) is 62.8 Å². The Hall–Kier alpha value is -1.39. The van der Waals surface area contributed by atoms with Gasteiger partial charge in [-0.3, -0.25) is 9.69 Å². The molecular formula is C23H34N2O2. The molecule has 27 heavy (non-hydrogen) atoms. The number of aliphatic hydroxyl groups is 1. The molecule has 3 atom stereocenters. The number of carbonyl (C=O) groups is 1. The van der Waals surface area contributed by atoms with Crippen molar-refractivity contribution in [3.8, 4) is 0 Å². The van der Waals surface area contributed by atoms with Crippen molar-refractivity contribution in [2.45, 2.75) is 51.6 Å². The third kappa shape index (κ3) is 4.55. The van der Waals surface area contributed by atoms with E-state index in [1.165, 1.54) is 17.5 Å². The Morgan fingerprint density at radius 1 is 1.07 bits per heavy atom. The molecule has 1 aromatic carbocycles. The quantitative estimate of drug-likeness (QED) is 0.867. The molecule has 1 aliphatic carbocycles. The van der Waals surface area contributed by atoms with Gasteiger partial charge in [-0.25, -0.2) is 0 Å². The van der Waals surface area contributed by atoms with Gasteiger partial charge in [0.1, 0.15) is 0 Å². The summed E-state index contributed by atoms with van der Waals surface area (Å²) >= 11 is 0. The van der Waals surface area contributed by atoms with Crippen LogP contribution in [0.25, 0.3) is 0 Å². The highest BCUT2D eigenvalue weighted by atomic mass is 16.3. The molecule has 0 bridgehead atoms. The van der Waals surface area contributed by atoms with Gasteiger partial charge in [0, 0.05) is 32.1 Å². The number of rotatable bonds is 5. The van der Waals surface area contributed by atoms with Crippen LogP contribution in [0.15, 0.2) is 24.3 Å². The number of aliphatic hydroxyl groups excluding tert-OH is 1. The fourth-order valence-corrected chi connectivity index (χ4v) is 5.35. The third-order valence-corrected chi connectivity index (χ3v) is 7.18. The molecule has 1 amide bonds. The Labute approximate surface area is 163 Å². The van der Waals surface area contributed by atoms with E-state index in [4.69, 9.17) is 0 Å². The number of amides is 1. The maximum atomic E-state index is 12.7. The van der Waals surface area contributed by atoms with Crippen molar-refractivity contribution >= 4 is 5.91 Å². The summed E-state index contributed by atoms with van der Waals surface area (Å²) in [4.78, 5) is 17.1. The molecule has 0 aromatic heterocycles. The second kappa shape index (κ2) is 8.32. The fraction of sp³-hybridized carbons (Fsp3) is 0.696. The fourth-order valence-electron chi connectivity index (χ4n) is 5.35. The molecular weight excluding hydrogens is 336 g/mol. The van der Waals surface area contributed by atoms with Crippen LogP contribution in [-0.4, -0.2) is 59.6 Å². The van der Waals surface area contributed by atoms with Crippen LogP contribution in [0.3, 0.4) is 0 Å². The van der Waals surface area contributed by atoms with Crippen LogP contribution in [-0.2, 0) is 11.2 Å². The zero-order valence-electron chi connectivity index (χ0n) is 16.6. The minimum atomic E-state index is -0.139. The van der Waals surface area contributed by atoms with E-state index in [0.717, 1.165) is 64.2 Å². The molecule has 2 saturated heterocycles. The van der Waals surface area contributed by atoms with Crippen LogP contribution in [0.1, 0.15) is 43.2 Å². The number of aryl methyl sites for hydroxylation is 2. The lowest BCUT2D eigenvalue weighted by Crippen LogP contribution is -2.44. The van der Waals surface area contributed by atoms with Crippen LogP contribution in [0.5, 0.6) is 0 Å². The van der Waals surface area contributed by atoms with Gasteiger partial charge in [0.25, 0.3) is 0 Å². The number of hydrogen-bond acceptors (Lipinski definition) is 3. The molecule has 4 rings (SSSR count). The second-order valence-electron chi connectivity index (χ2n) is 9.11. The molecule has 0 spiro atoms. The van der Waals surface area contributed by atoms with E-state index in [-0.39, 0.29) is 6.10 Å². The van der Waals surface area contributed by atoms with Gasteiger partial charge < -0.3 is 10.0 Å². The number of benzene rings is 1. The second-order valence-corrected chi connectivity index (χ2v) is 9.11. The summed E-state index contributed by atoms with van der Waals surface area (Å²) in [6.07, 6.45) is 6.61. The number of piperidine rings is 1. The summed E-state index contributed by atoms with van der Waals surface area (Å²) < 4.78 is 0. The average molecular weight is 371 g/mol. The minimum Gasteiger partial charge on any atom is -0.393 e. The van der Waals surface area contributed by atoms with Crippen molar-refractivity contribution < 1.29 is 9.90 Å². The molecule has 0 radical (unpaired) electrons. The number of carbonyl (C=O) groups excluding carboxylic acids is 1. The highest BCUT2D eigenvalue weighted by Gasteiger charge is 2.42. The lowest BCUT2D eigenvalue weighted by molar-refractivity contribution is -0.133. The van der Waals surface area contributed by atoms with E-state index in [1.807, 2.05) is 0 Å².